The average molecular weight is 281 g/mol. The number of nitrogens with zero attached hydrogens (tertiary/aromatic N) is 1. The lowest BCUT2D eigenvalue weighted by Gasteiger charge is -2.19. The van der Waals surface area contributed by atoms with Crippen molar-refractivity contribution in [3.8, 4) is 11.5 Å². The number of rotatable bonds is 7. The molecule has 20 heavy (non-hydrogen) atoms. The summed E-state index contributed by atoms with van der Waals surface area (Å²) in [6.45, 7) is 4.60. The summed E-state index contributed by atoms with van der Waals surface area (Å²) in [5.74, 6) is 1.06. The number of benzene rings is 1. The van der Waals surface area contributed by atoms with Crippen LogP contribution in [0.25, 0.3) is 0 Å². The maximum absolute atomic E-state index is 12.3. The van der Waals surface area contributed by atoms with Crippen LogP contribution in [0.5, 0.6) is 11.5 Å². The molecule has 5 nitrogen and oxygen atoms in total. The summed E-state index contributed by atoms with van der Waals surface area (Å²) in [7, 11) is 3.28. The molecular formula is C15H23NO4. The molecule has 0 saturated carbocycles. The molecule has 5 heteroatoms. The SMILES string of the molecule is CCOc1cc(C(=O)N(C)CCC(C)O)ccc1OC. The second-order valence-electron chi connectivity index (χ2n) is 4.66. The third-order valence-electron chi connectivity index (χ3n) is 2.94. The van der Waals surface area contributed by atoms with E-state index in [1.807, 2.05) is 6.92 Å². The zero-order valence-corrected chi connectivity index (χ0v) is 12.5. The monoisotopic (exact) mass is 281 g/mol. The Hall–Kier alpha value is -1.75. The van der Waals surface area contributed by atoms with E-state index in [-0.39, 0.29) is 5.91 Å². The van der Waals surface area contributed by atoms with Gasteiger partial charge in [-0.1, -0.05) is 0 Å². The molecule has 0 aliphatic rings. The van der Waals surface area contributed by atoms with E-state index in [2.05, 4.69) is 0 Å². The Balaban J connectivity index is 2.84. The fraction of sp³-hybridized carbons (Fsp3) is 0.533. The van der Waals surface area contributed by atoms with E-state index in [1.165, 1.54) is 0 Å². The molecule has 1 unspecified atom stereocenters. The lowest BCUT2D eigenvalue weighted by molar-refractivity contribution is 0.0768. The average Bonchev–Trinajstić information content (AvgIpc) is 2.44. The summed E-state index contributed by atoms with van der Waals surface area (Å²) in [4.78, 5) is 13.8. The summed E-state index contributed by atoms with van der Waals surface area (Å²) in [6, 6.07) is 5.12. The zero-order valence-electron chi connectivity index (χ0n) is 12.5. The number of hydrogen-bond acceptors (Lipinski definition) is 4. The fourth-order valence-electron chi connectivity index (χ4n) is 1.78. The van der Waals surface area contributed by atoms with Crippen molar-refractivity contribution in [3.63, 3.8) is 0 Å². The van der Waals surface area contributed by atoms with Crippen LogP contribution in [0.4, 0.5) is 0 Å². The maximum atomic E-state index is 12.3. The van der Waals surface area contributed by atoms with Crippen LogP contribution in [0.1, 0.15) is 30.6 Å². The molecule has 1 rings (SSSR count). The van der Waals surface area contributed by atoms with Crippen molar-refractivity contribution < 1.29 is 19.4 Å². The summed E-state index contributed by atoms with van der Waals surface area (Å²) in [5.41, 5.74) is 0.544. The fourth-order valence-corrected chi connectivity index (χ4v) is 1.78. The van der Waals surface area contributed by atoms with Crippen molar-refractivity contribution >= 4 is 5.91 Å². The van der Waals surface area contributed by atoms with Crippen LogP contribution >= 0.6 is 0 Å². The third kappa shape index (κ3) is 4.42. The van der Waals surface area contributed by atoms with Gasteiger partial charge in [0, 0.05) is 19.2 Å². The van der Waals surface area contributed by atoms with Crippen molar-refractivity contribution in [2.24, 2.45) is 0 Å². The summed E-state index contributed by atoms with van der Waals surface area (Å²) in [5, 5.41) is 9.26. The molecule has 1 atom stereocenters. The number of ether oxygens (including phenoxy) is 2. The van der Waals surface area contributed by atoms with Crippen LogP contribution in [0.2, 0.25) is 0 Å². The number of carbonyl (C=O) groups excluding carboxylic acids is 1. The molecule has 0 aliphatic heterocycles. The molecule has 1 amide bonds. The highest BCUT2D eigenvalue weighted by molar-refractivity contribution is 5.94. The first-order valence-corrected chi connectivity index (χ1v) is 6.74. The van der Waals surface area contributed by atoms with E-state index in [1.54, 1.807) is 44.2 Å². The molecule has 0 aromatic heterocycles. The quantitative estimate of drug-likeness (QED) is 0.829. The highest BCUT2D eigenvalue weighted by Crippen LogP contribution is 2.28. The normalized spacial score (nSPS) is 11.8. The minimum absolute atomic E-state index is 0.103. The lowest BCUT2D eigenvalue weighted by Crippen LogP contribution is -2.29. The van der Waals surface area contributed by atoms with Crippen LogP contribution in [0.15, 0.2) is 18.2 Å². The van der Waals surface area contributed by atoms with Gasteiger partial charge in [-0.2, -0.15) is 0 Å². The molecule has 0 radical (unpaired) electrons. The second kappa shape index (κ2) is 7.75. The van der Waals surface area contributed by atoms with Gasteiger partial charge in [0.25, 0.3) is 5.91 Å². The minimum atomic E-state index is -0.417. The van der Waals surface area contributed by atoms with Crippen LogP contribution < -0.4 is 9.47 Å². The van der Waals surface area contributed by atoms with Crippen molar-refractivity contribution in [1.82, 2.24) is 4.90 Å². The van der Waals surface area contributed by atoms with Gasteiger partial charge in [0.05, 0.1) is 19.8 Å². The minimum Gasteiger partial charge on any atom is -0.493 e. The van der Waals surface area contributed by atoms with E-state index >= 15 is 0 Å². The predicted octanol–water partition coefficient (Wildman–Crippen LogP) is 1.94. The number of aliphatic hydroxyl groups is 1. The van der Waals surface area contributed by atoms with Crippen LogP contribution in [0, 0.1) is 0 Å². The van der Waals surface area contributed by atoms with E-state index in [9.17, 15) is 9.90 Å². The second-order valence-corrected chi connectivity index (χ2v) is 4.66. The van der Waals surface area contributed by atoms with Gasteiger partial charge in [0.15, 0.2) is 11.5 Å². The number of carbonyl (C=O) groups is 1. The number of methoxy groups -OCH3 is 1. The predicted molar refractivity (Wildman–Crippen MR) is 77.4 cm³/mol. The van der Waals surface area contributed by atoms with Crippen molar-refractivity contribution in [2.75, 3.05) is 27.3 Å². The molecule has 112 valence electrons. The summed E-state index contributed by atoms with van der Waals surface area (Å²) in [6.07, 6.45) is 0.136. The van der Waals surface area contributed by atoms with Gasteiger partial charge in [0.1, 0.15) is 0 Å². The van der Waals surface area contributed by atoms with Gasteiger partial charge >= 0.3 is 0 Å². The number of aliphatic hydroxyl groups excluding tert-OH is 1. The lowest BCUT2D eigenvalue weighted by atomic mass is 10.1. The van der Waals surface area contributed by atoms with Crippen LogP contribution in [-0.4, -0.2) is 49.3 Å². The molecular weight excluding hydrogens is 258 g/mol. The van der Waals surface area contributed by atoms with Crippen molar-refractivity contribution in [2.45, 2.75) is 26.4 Å². The smallest absolute Gasteiger partial charge is 0.253 e. The number of hydrogen-bond donors (Lipinski definition) is 1. The molecule has 1 aromatic rings. The highest BCUT2D eigenvalue weighted by atomic mass is 16.5. The largest absolute Gasteiger partial charge is 0.493 e. The van der Waals surface area contributed by atoms with Gasteiger partial charge in [-0.15, -0.1) is 0 Å². The Bertz CT molecular complexity index is 445. The molecule has 0 fully saturated rings. The standard InChI is InChI=1S/C15H23NO4/c1-5-20-14-10-12(6-7-13(14)19-4)15(18)16(3)9-8-11(2)17/h6-7,10-11,17H,5,8-9H2,1-4H3. The van der Waals surface area contributed by atoms with Gasteiger partial charge in [0.2, 0.25) is 0 Å². The van der Waals surface area contributed by atoms with Gasteiger partial charge in [-0.05, 0) is 38.5 Å². The molecule has 0 heterocycles. The summed E-state index contributed by atoms with van der Waals surface area (Å²) >= 11 is 0. The van der Waals surface area contributed by atoms with E-state index in [0.29, 0.717) is 36.6 Å². The highest BCUT2D eigenvalue weighted by Gasteiger charge is 2.15. The van der Waals surface area contributed by atoms with Crippen LogP contribution in [0.3, 0.4) is 0 Å². The third-order valence-corrected chi connectivity index (χ3v) is 2.94. The Morgan fingerprint density at radius 3 is 2.65 bits per heavy atom. The molecule has 0 aliphatic carbocycles. The van der Waals surface area contributed by atoms with Crippen molar-refractivity contribution in [3.05, 3.63) is 23.8 Å². The van der Waals surface area contributed by atoms with Crippen molar-refractivity contribution in [1.29, 1.82) is 0 Å². The van der Waals surface area contributed by atoms with Crippen LogP contribution in [-0.2, 0) is 0 Å². The molecule has 0 bridgehead atoms. The Labute approximate surface area is 120 Å². The summed E-state index contributed by atoms with van der Waals surface area (Å²) < 4.78 is 10.7. The van der Waals surface area contributed by atoms with Gasteiger partial charge in [-0.25, -0.2) is 0 Å². The Morgan fingerprint density at radius 2 is 2.10 bits per heavy atom. The number of amides is 1. The van der Waals surface area contributed by atoms with E-state index < -0.39 is 6.10 Å². The molecule has 0 spiro atoms. The van der Waals surface area contributed by atoms with Gasteiger partial charge < -0.3 is 19.5 Å². The van der Waals surface area contributed by atoms with E-state index in [0.717, 1.165) is 0 Å². The first-order valence-electron chi connectivity index (χ1n) is 6.74. The van der Waals surface area contributed by atoms with Gasteiger partial charge in [-0.3, -0.25) is 4.79 Å². The first-order chi connectivity index (χ1) is 9.49. The Morgan fingerprint density at radius 1 is 1.40 bits per heavy atom. The molecule has 1 N–H and O–H groups in total. The maximum Gasteiger partial charge on any atom is 0.253 e. The first kappa shape index (κ1) is 16.3. The topological polar surface area (TPSA) is 59.0 Å². The molecule has 1 aromatic carbocycles. The zero-order chi connectivity index (χ0) is 15.1. The van der Waals surface area contributed by atoms with E-state index in [4.69, 9.17) is 9.47 Å². The Kier molecular flexibility index (Phi) is 6.31. The molecule has 0 saturated heterocycles.